The molecule has 0 aliphatic carbocycles. The molecule has 2 fully saturated rings. The van der Waals surface area contributed by atoms with Gasteiger partial charge in [-0.25, -0.2) is 4.79 Å². The van der Waals surface area contributed by atoms with E-state index in [4.69, 9.17) is 68.8 Å². The van der Waals surface area contributed by atoms with Gasteiger partial charge in [-0.15, -0.1) is 0 Å². The van der Waals surface area contributed by atoms with Gasteiger partial charge in [0.15, 0.2) is 29.9 Å². The first-order valence-corrected chi connectivity index (χ1v) is 28.9. The average Bonchev–Trinajstić information content (AvgIpc) is 0.784. The molecule has 0 radical (unpaired) electrons. The normalized spacial score (nSPS) is 30.8. The lowest BCUT2D eigenvalue weighted by molar-refractivity contribution is -0.333. The standard InChI is InChI=1S/C59H62Cl2N8O23/c1-19-51(79)59(2,64)17-38(87-19)91-50-48(78)47(77)36(18-70)90-58(50)92-49-34-12-23-13-35(49)89-33-8-5-22(11-28(33)61)46(76)44-56(84)68-43(57(85)86)26-14-24(71)15-31(73)39(26)25-9-20(3-6-30(25)72)41(54(82)69-44)67-55(83)42(23)66-52(80)29(16-37(62)74)65-53(81)40(63)45(75)21-4-7-32(88-34)27(60)10-21/h3-15,19,29,36,38,40-48,50-51,58,70-73,75-79H,16-18,63-64H2,1-2H3,(H2,62,74)(H,65,81)(H,66,80)(H,67,83)(H,68,84)(H,69,82)(H,85,86)/t19-,29-,36+,38-,40+,41+,42+,43-,44-,45+,46+,47+,48-,50+,51+,58-,59-/m0/s1. The van der Waals surface area contributed by atoms with Crippen LogP contribution in [0.4, 0.5) is 0 Å². The number of nitrogens with one attached hydrogen (secondary N) is 5. The molecule has 6 amide bonds. The maximum Gasteiger partial charge on any atom is 0.330 e. The minimum atomic E-state index is -2.28. The summed E-state index contributed by atoms with van der Waals surface area (Å²) in [5.41, 5.74) is 14.3. The third-order valence-corrected chi connectivity index (χ3v) is 16.7. The molecule has 2 saturated heterocycles. The molecule has 92 heavy (non-hydrogen) atoms. The third kappa shape index (κ3) is 13.2. The van der Waals surface area contributed by atoms with Gasteiger partial charge in [-0.2, -0.15) is 0 Å². The number of halogens is 2. The van der Waals surface area contributed by atoms with Crippen LogP contribution < -0.4 is 58.0 Å². The fraction of sp³-hybridized carbons (Fsp3) is 0.373. The number of phenols is 3. The lowest BCUT2D eigenvalue weighted by Gasteiger charge is -2.47. The molecular formula is C59H62Cl2N8O23. The van der Waals surface area contributed by atoms with Gasteiger partial charge in [0, 0.05) is 34.7 Å². The molecule has 7 aliphatic heterocycles. The Morgan fingerprint density at radius 3 is 1.88 bits per heavy atom. The molecule has 5 aromatic carbocycles. The van der Waals surface area contributed by atoms with Gasteiger partial charge in [-0.1, -0.05) is 41.4 Å². The van der Waals surface area contributed by atoms with E-state index in [-0.39, 0.29) is 39.6 Å². The smallest absolute Gasteiger partial charge is 0.330 e. The molecule has 12 rings (SSSR count). The van der Waals surface area contributed by atoms with E-state index >= 15 is 9.59 Å². The van der Waals surface area contributed by atoms with Crippen molar-refractivity contribution in [1.82, 2.24) is 26.6 Å². The summed E-state index contributed by atoms with van der Waals surface area (Å²) in [5.74, 6) is -14.7. The molecule has 0 aromatic heterocycles. The first kappa shape index (κ1) is 66.3. The van der Waals surface area contributed by atoms with E-state index < -0.39 is 219 Å². The summed E-state index contributed by atoms with van der Waals surface area (Å²) in [7, 11) is 0. The Balaban J connectivity index is 1.24. The van der Waals surface area contributed by atoms with Crippen LogP contribution in [0.15, 0.2) is 78.9 Å². The third-order valence-electron chi connectivity index (χ3n) is 16.1. The van der Waals surface area contributed by atoms with Crippen molar-refractivity contribution in [3.05, 3.63) is 117 Å². The number of carbonyl (C=O) groups is 7. The van der Waals surface area contributed by atoms with Crippen LogP contribution in [0.2, 0.25) is 10.0 Å². The van der Waals surface area contributed by atoms with E-state index in [2.05, 4.69) is 26.6 Å². The maximum atomic E-state index is 15.8. The van der Waals surface area contributed by atoms with Crippen LogP contribution in [-0.2, 0) is 47.8 Å². The monoisotopic (exact) mass is 1320 g/mol. The number of hydrogen-bond acceptors (Lipinski definition) is 24. The number of ether oxygens (including phenoxy) is 6. The van der Waals surface area contributed by atoms with Crippen molar-refractivity contribution in [2.24, 2.45) is 17.2 Å². The van der Waals surface area contributed by atoms with Crippen LogP contribution in [0.25, 0.3) is 11.1 Å². The number of benzene rings is 5. The van der Waals surface area contributed by atoms with Crippen molar-refractivity contribution in [3.8, 4) is 57.1 Å². The molecule has 33 heteroatoms. The average molecular weight is 1320 g/mol. The Kier molecular flexibility index (Phi) is 18.8. The quantitative estimate of drug-likeness (QED) is 0.0915. The van der Waals surface area contributed by atoms with Crippen LogP contribution in [0.3, 0.4) is 0 Å². The largest absolute Gasteiger partial charge is 0.508 e. The molecule has 0 unspecified atom stereocenters. The van der Waals surface area contributed by atoms with Crippen LogP contribution in [0, 0.1) is 0 Å². The van der Waals surface area contributed by atoms with Gasteiger partial charge in [0.2, 0.25) is 47.5 Å². The highest BCUT2D eigenvalue weighted by atomic mass is 35.5. The summed E-state index contributed by atoms with van der Waals surface area (Å²) in [5, 5.41) is 124. The summed E-state index contributed by atoms with van der Waals surface area (Å²) < 4.78 is 38.0. The summed E-state index contributed by atoms with van der Waals surface area (Å²) >= 11 is 13.9. The van der Waals surface area contributed by atoms with E-state index in [0.29, 0.717) is 0 Å². The fourth-order valence-corrected chi connectivity index (χ4v) is 11.7. The molecule has 490 valence electrons. The molecule has 7 heterocycles. The second-order valence-corrected chi connectivity index (χ2v) is 23.6. The van der Waals surface area contributed by atoms with Crippen molar-refractivity contribution in [1.29, 1.82) is 0 Å². The number of primary amides is 1. The highest BCUT2D eigenvalue weighted by Gasteiger charge is 2.51. The second-order valence-electron chi connectivity index (χ2n) is 22.8. The number of carbonyl (C=O) groups excluding carboxylic acids is 6. The van der Waals surface area contributed by atoms with Crippen LogP contribution >= 0.6 is 23.2 Å². The van der Waals surface area contributed by atoms with Gasteiger partial charge in [0.25, 0.3) is 0 Å². The molecule has 7 aliphatic rings. The van der Waals surface area contributed by atoms with Crippen molar-refractivity contribution in [2.45, 2.75) is 130 Å². The lowest BCUT2D eigenvalue weighted by Crippen LogP contribution is -2.64. The molecular weight excluding hydrogens is 1260 g/mol. The first-order valence-electron chi connectivity index (χ1n) is 28.2. The molecule has 21 N–H and O–H groups in total. The molecule has 17 atom stereocenters. The van der Waals surface area contributed by atoms with Crippen LogP contribution in [0.1, 0.15) is 84.8 Å². The Hall–Kier alpha value is -8.67. The van der Waals surface area contributed by atoms with Gasteiger partial charge < -0.3 is 123 Å². The van der Waals surface area contributed by atoms with Gasteiger partial charge >= 0.3 is 5.97 Å². The Bertz CT molecular complexity index is 3790. The summed E-state index contributed by atoms with van der Waals surface area (Å²) in [6.07, 6.45) is -18.3. The zero-order valence-electron chi connectivity index (χ0n) is 48.1. The number of hydrogen-bond donors (Lipinski definition) is 18. The SMILES string of the molecule is C[C@@H]1O[C@@H](O[C@H]2[C@H](Oc3c4cc5cc3Oc3ccc(cc3Cl)[C@@H](O)[C@@H](N)C(=O)N[C@@H](CC(N)=O)C(=O)N[C@H]5C(=O)N[C@H]3C(=O)N[C@H](C(=O)N[C@H](C(=O)O)c5cc(O)cc(O)c5-c5cc3ccc5O)[C@H](O)c3ccc(c(Cl)c3)O4)O[C@H](CO)[C@@H](O)[C@@H]2O)C[C@](C)(N)[C@@H]1O. The second kappa shape index (κ2) is 26.1. The lowest BCUT2D eigenvalue weighted by atomic mass is 9.86. The van der Waals surface area contributed by atoms with Crippen LogP contribution in [0.5, 0.6) is 46.0 Å². The van der Waals surface area contributed by atoms with Gasteiger partial charge in [-0.05, 0) is 90.7 Å². The van der Waals surface area contributed by atoms with Crippen molar-refractivity contribution in [3.63, 3.8) is 0 Å². The molecule has 0 saturated carbocycles. The van der Waals surface area contributed by atoms with E-state index in [1.165, 1.54) is 26.0 Å². The zero-order chi connectivity index (χ0) is 66.7. The number of aliphatic hydroxyl groups is 6. The topological polar surface area (TPSA) is 515 Å². The predicted molar refractivity (Wildman–Crippen MR) is 313 cm³/mol. The molecule has 31 nitrogen and oxygen atoms in total. The Labute approximate surface area is 529 Å². The predicted octanol–water partition coefficient (Wildman–Crippen LogP) is -0.685. The number of fused-ring (bicyclic) bond motifs is 15. The first-order chi connectivity index (χ1) is 43.4. The number of nitrogens with two attached hydrogens (primary N) is 3. The molecule has 5 aromatic rings. The van der Waals surface area contributed by atoms with Crippen molar-refractivity contribution < 1.29 is 113 Å². The summed E-state index contributed by atoms with van der Waals surface area (Å²) in [6, 6.07) is 0.765. The number of carboxylic acid groups (broad SMARTS) is 1. The number of aliphatic hydroxyl groups excluding tert-OH is 6. The summed E-state index contributed by atoms with van der Waals surface area (Å²) in [6.45, 7) is 2.05. The highest BCUT2D eigenvalue weighted by Crippen LogP contribution is 2.50. The van der Waals surface area contributed by atoms with Crippen molar-refractivity contribution in [2.75, 3.05) is 6.61 Å². The number of rotatable bonds is 8. The van der Waals surface area contributed by atoms with Gasteiger partial charge in [0.05, 0.1) is 35.3 Å². The molecule has 0 spiro atoms. The van der Waals surface area contributed by atoms with Gasteiger partial charge in [-0.3, -0.25) is 28.8 Å². The zero-order valence-corrected chi connectivity index (χ0v) is 49.6. The van der Waals surface area contributed by atoms with Crippen molar-refractivity contribution >= 4 is 64.6 Å². The fourth-order valence-electron chi connectivity index (χ4n) is 11.3. The van der Waals surface area contributed by atoms with E-state index in [0.717, 1.165) is 66.7 Å². The summed E-state index contributed by atoms with van der Waals surface area (Å²) in [4.78, 5) is 100. The Morgan fingerprint density at radius 2 is 1.28 bits per heavy atom. The van der Waals surface area contributed by atoms with E-state index in [9.17, 15) is 75.0 Å². The number of carboxylic acids is 1. The molecule has 11 bridgehead atoms. The van der Waals surface area contributed by atoms with Gasteiger partial charge in [0.1, 0.15) is 89.5 Å². The minimum Gasteiger partial charge on any atom is -0.508 e. The minimum absolute atomic E-state index is 0.0953. The van der Waals surface area contributed by atoms with Crippen LogP contribution in [-0.4, -0.2) is 172 Å². The number of aliphatic carboxylic acids is 1. The number of amides is 6. The highest BCUT2D eigenvalue weighted by molar-refractivity contribution is 6.32. The number of phenolic OH excluding ortho intramolecular Hbond substituents is 3. The van der Waals surface area contributed by atoms with E-state index in [1.54, 1.807) is 0 Å². The Morgan fingerprint density at radius 1 is 0.685 bits per heavy atom. The maximum absolute atomic E-state index is 15.8. The van der Waals surface area contributed by atoms with E-state index in [1.807, 2.05) is 0 Å². The number of aromatic hydroxyl groups is 3.